The van der Waals surface area contributed by atoms with Crippen molar-refractivity contribution in [1.29, 1.82) is 0 Å². The average Bonchev–Trinajstić information content (AvgIpc) is 3.00. The van der Waals surface area contributed by atoms with E-state index in [9.17, 15) is 14.7 Å². The topological polar surface area (TPSA) is 172 Å². The number of hydrogen-bond acceptors (Lipinski definition) is 15. The summed E-state index contributed by atoms with van der Waals surface area (Å²) in [5, 5.41) is 24.5. The Morgan fingerprint density at radius 2 is 1.59 bits per heavy atom. The van der Waals surface area contributed by atoms with Gasteiger partial charge in [-0.15, -0.1) is 11.3 Å². The molecule has 0 radical (unpaired) electrons. The molecule has 3 N–H and O–H groups in total. The number of aromatic nitrogens is 5. The van der Waals surface area contributed by atoms with Crippen LogP contribution in [0.15, 0.2) is 76.9 Å². The van der Waals surface area contributed by atoms with Gasteiger partial charge in [-0.05, 0) is 148 Å². The first kappa shape index (κ1) is 56.7. The molecule has 4 aromatic heterocycles. The number of halogens is 1. The number of piperidine rings is 2. The van der Waals surface area contributed by atoms with Crippen LogP contribution in [0.3, 0.4) is 0 Å². The van der Waals surface area contributed by atoms with E-state index in [0.717, 1.165) is 147 Å². The van der Waals surface area contributed by atoms with Gasteiger partial charge < -0.3 is 44.8 Å². The number of hydrogen-bond donors (Lipinski definition) is 3. The molecule has 83 heavy (non-hydrogen) atoms. The number of nitrogens with one attached hydrogen (secondary N) is 2. The summed E-state index contributed by atoms with van der Waals surface area (Å²) in [6.45, 7) is 19.4. The Hall–Kier alpha value is -6.76. The van der Waals surface area contributed by atoms with Gasteiger partial charge in [-0.25, -0.2) is 14.4 Å². The lowest BCUT2D eigenvalue weighted by molar-refractivity contribution is -0.138. The first-order valence-corrected chi connectivity index (χ1v) is 31.7. The molecule has 0 spiro atoms. The third-order valence-electron chi connectivity index (χ3n) is 18.4. The summed E-state index contributed by atoms with van der Waals surface area (Å²) in [6, 6.07) is 19.6. The third-order valence-corrected chi connectivity index (χ3v) is 19.4. The van der Waals surface area contributed by atoms with Crippen LogP contribution in [0.25, 0.3) is 43.4 Å². The van der Waals surface area contributed by atoms with Gasteiger partial charge in [-0.3, -0.25) is 14.6 Å². The van der Waals surface area contributed by atoms with Gasteiger partial charge in [0.05, 0.1) is 33.9 Å². The molecule has 3 aromatic carbocycles. The fourth-order valence-corrected chi connectivity index (χ4v) is 14.8. The van der Waals surface area contributed by atoms with E-state index in [-0.39, 0.29) is 41.2 Å². The summed E-state index contributed by atoms with van der Waals surface area (Å²) in [4.78, 5) is 59.0. The molecule has 18 heteroatoms. The van der Waals surface area contributed by atoms with Gasteiger partial charge >= 0.3 is 0 Å². The van der Waals surface area contributed by atoms with Crippen molar-refractivity contribution in [3.63, 3.8) is 0 Å². The van der Waals surface area contributed by atoms with Crippen LogP contribution >= 0.6 is 11.3 Å². The largest absolute Gasteiger partial charge is 0.508 e. The molecule has 6 aliphatic heterocycles. The number of likely N-dealkylation sites (tertiary alicyclic amines) is 2. The van der Waals surface area contributed by atoms with Gasteiger partial charge in [-0.2, -0.15) is 4.98 Å². The number of fused-ring (bicyclic) bond motifs is 4. The number of rotatable bonds is 15. The van der Waals surface area contributed by atoms with E-state index < -0.39 is 11.9 Å². The minimum atomic E-state index is -0.504. The van der Waals surface area contributed by atoms with Gasteiger partial charge in [0, 0.05) is 82.3 Å². The smallest absolute Gasteiger partial charge is 0.243 e. The molecule has 6 fully saturated rings. The van der Waals surface area contributed by atoms with Crippen LogP contribution in [-0.4, -0.2) is 135 Å². The van der Waals surface area contributed by atoms with Crippen molar-refractivity contribution >= 4 is 62.4 Å². The van der Waals surface area contributed by atoms with Gasteiger partial charge in [0.1, 0.15) is 34.6 Å². The van der Waals surface area contributed by atoms with Gasteiger partial charge in [-0.1, -0.05) is 74.8 Å². The van der Waals surface area contributed by atoms with Gasteiger partial charge in [0.2, 0.25) is 17.8 Å². The van der Waals surface area contributed by atoms with Crippen LogP contribution in [0.4, 0.5) is 22.0 Å². The second kappa shape index (κ2) is 24.8. The summed E-state index contributed by atoms with van der Waals surface area (Å²) in [7, 11) is 0. The Morgan fingerprint density at radius 1 is 0.843 bits per heavy atom. The van der Waals surface area contributed by atoms with Crippen molar-refractivity contribution in [3.8, 4) is 27.4 Å². The zero-order valence-corrected chi connectivity index (χ0v) is 49.8. The van der Waals surface area contributed by atoms with E-state index in [1.165, 1.54) is 25.7 Å². The minimum Gasteiger partial charge on any atom is -0.508 e. The molecule has 4 unspecified atom stereocenters. The highest BCUT2D eigenvalue weighted by Crippen LogP contribution is 2.41. The molecule has 13 rings (SSSR count). The maximum absolute atomic E-state index is 17.3. The Balaban J connectivity index is 0.00000222. The van der Waals surface area contributed by atoms with E-state index in [1.807, 2.05) is 49.7 Å². The highest BCUT2D eigenvalue weighted by atomic mass is 32.1. The number of carbonyl (C=O) groups is 2. The van der Waals surface area contributed by atoms with Crippen LogP contribution in [0.2, 0.25) is 0 Å². The summed E-state index contributed by atoms with van der Waals surface area (Å²) >= 11 is 1.62. The number of phenolic OH excluding ortho intramolecular Hbond substituents is 1. The molecule has 6 aliphatic rings. The lowest BCUT2D eigenvalue weighted by atomic mass is 9.83. The van der Waals surface area contributed by atoms with E-state index >= 15 is 4.39 Å². The fraction of sp³-hybridized carbons (Fsp3) is 0.523. The number of thiazole rings is 1. The van der Waals surface area contributed by atoms with Crippen LogP contribution < -0.4 is 25.3 Å². The molecule has 7 aromatic rings. The summed E-state index contributed by atoms with van der Waals surface area (Å²) in [5.74, 6) is 3.92. The fourth-order valence-electron chi connectivity index (χ4n) is 14.0. The lowest BCUT2D eigenvalue weighted by Crippen LogP contribution is -2.51. The Bertz CT molecular complexity index is 3410. The molecule has 6 saturated heterocycles. The van der Waals surface area contributed by atoms with Crippen molar-refractivity contribution in [1.82, 2.24) is 45.5 Å². The number of phenols is 1. The number of aryl methyl sites for hydroxylation is 2. The first-order valence-electron chi connectivity index (χ1n) is 30.8. The molecule has 16 nitrogen and oxygen atoms in total. The van der Waals surface area contributed by atoms with Crippen molar-refractivity contribution < 1.29 is 23.6 Å². The monoisotopic (exact) mass is 1140 g/mol. The number of pyridine rings is 1. The van der Waals surface area contributed by atoms with E-state index in [0.29, 0.717) is 65.5 Å². The molecule has 2 amide bonds. The lowest BCUT2D eigenvalue weighted by Gasteiger charge is -2.43. The predicted octanol–water partition coefficient (Wildman–Crippen LogP) is 10.9. The standard InChI is InChI=1S/C62H73FN12O4S.C3H8/c1-4-42-7-5-8-45-26-48(76)27-50(55(42)45)57-56(63)58-51(30-64-57)60(74-34-46-14-15-47(35-74)67-46)69-62(68-58)72-23-18-40(19-24-72)31-71-21-16-39(17-22-71)25-41-32-73(33-41)53-28-49(79-70-53)29-54(77)75-20-6-9-52(75)61(78)66-37(2)43-10-12-44(13-11-43)59-38(3)65-36-80-59;1-3-2/h5,7-8,10-13,26-28,30,36-37,39-41,46-47,52,67,76H,4,6,9,14-25,29,31-35H2,1-3H3,(H,66,78);3H2,1-2H3. The number of piperazine rings is 1. The minimum absolute atomic E-state index is 0.0768. The number of amides is 2. The van der Waals surface area contributed by atoms with Crippen molar-refractivity contribution in [2.75, 3.05) is 80.1 Å². The number of aromatic hydroxyl groups is 1. The van der Waals surface area contributed by atoms with Crippen LogP contribution in [-0.2, 0) is 22.4 Å². The number of benzene rings is 3. The molecule has 2 bridgehead atoms. The summed E-state index contributed by atoms with van der Waals surface area (Å²) in [5.41, 5.74) is 7.12. The summed E-state index contributed by atoms with van der Waals surface area (Å²) in [6.07, 6.45) is 13.2. The maximum atomic E-state index is 17.3. The molecule has 0 aliphatic carbocycles. The number of carbonyl (C=O) groups excluding carboxylic acids is 2. The number of nitrogens with zero attached hydrogens (tertiary/aromatic N) is 10. The van der Waals surface area contributed by atoms with E-state index in [4.69, 9.17) is 19.5 Å². The zero-order chi connectivity index (χ0) is 57.3. The van der Waals surface area contributed by atoms with Crippen LogP contribution in [0, 0.1) is 30.5 Å². The second-order valence-electron chi connectivity index (χ2n) is 24.5. The molecule has 0 saturated carbocycles. The van der Waals surface area contributed by atoms with E-state index in [2.05, 4.69) is 79.3 Å². The quantitative estimate of drug-likeness (QED) is 0.0885. The van der Waals surface area contributed by atoms with Gasteiger partial charge in [0.25, 0.3) is 0 Å². The zero-order valence-electron chi connectivity index (χ0n) is 49.0. The van der Waals surface area contributed by atoms with Crippen LogP contribution in [0.1, 0.15) is 121 Å². The molecular formula is C65H81FN12O4S. The number of anilines is 3. The molecule has 10 heterocycles. The first-order chi connectivity index (χ1) is 40.4. The van der Waals surface area contributed by atoms with Gasteiger partial charge in [0.15, 0.2) is 11.6 Å². The molecule has 4 atom stereocenters. The molecule has 438 valence electrons. The SMILES string of the molecule is CCC.CCc1cccc2cc(O)cc(-c3ncc4c(N5CC6CCC(C5)N6)nc(N5CCC(CN6CCC(CC7CN(c8cc(CC(=O)N9CCCC9C(=O)NC(C)c9ccc(-c%10scnc%10C)cc9)on8)C7)CC6)CC5)nc4c3F)c12. The highest BCUT2D eigenvalue weighted by Gasteiger charge is 2.38. The Kier molecular flexibility index (Phi) is 17.0. The van der Waals surface area contributed by atoms with Crippen LogP contribution in [0.5, 0.6) is 5.75 Å². The normalized spacial score (nSPS) is 21.2. The third kappa shape index (κ3) is 12.2. The molecular weight excluding hydrogens is 1060 g/mol. The maximum Gasteiger partial charge on any atom is 0.243 e. The Labute approximate surface area is 491 Å². The summed E-state index contributed by atoms with van der Waals surface area (Å²) < 4.78 is 23.0. The van der Waals surface area contributed by atoms with Crippen molar-refractivity contribution in [2.45, 2.75) is 136 Å². The van der Waals surface area contributed by atoms with E-state index in [1.54, 1.807) is 34.6 Å². The van der Waals surface area contributed by atoms with Crippen molar-refractivity contribution in [2.24, 2.45) is 17.8 Å². The predicted molar refractivity (Wildman–Crippen MR) is 328 cm³/mol. The second-order valence-corrected chi connectivity index (χ2v) is 25.4. The average molecular weight is 1150 g/mol. The Morgan fingerprint density at radius 3 is 2.31 bits per heavy atom. The van der Waals surface area contributed by atoms with Crippen molar-refractivity contribution in [3.05, 3.63) is 101 Å². The highest BCUT2D eigenvalue weighted by molar-refractivity contribution is 7.13.